The van der Waals surface area contributed by atoms with Crippen molar-refractivity contribution < 1.29 is 10.9 Å². The van der Waals surface area contributed by atoms with Crippen LogP contribution in [-0.2, 0) is 10.9 Å². The van der Waals surface area contributed by atoms with Crippen LogP contribution >= 0.6 is 44.4 Å². The van der Waals surface area contributed by atoms with Gasteiger partial charge in [0.2, 0.25) is 0 Å². The third-order valence-corrected chi connectivity index (χ3v) is 2.37. The van der Waals surface area contributed by atoms with Gasteiger partial charge in [-0.2, -0.15) is 5.10 Å². The zero-order chi connectivity index (χ0) is 12.8. The predicted octanol–water partition coefficient (Wildman–Crippen LogP) is 4.34. The van der Waals surface area contributed by atoms with Gasteiger partial charge in [-0.25, -0.2) is 9.67 Å². The molecule has 0 fully saturated rings. The van der Waals surface area contributed by atoms with Crippen LogP contribution in [0.4, 0.5) is 0 Å². The van der Waals surface area contributed by atoms with Crippen molar-refractivity contribution in [2.24, 2.45) is 0 Å². The van der Waals surface area contributed by atoms with Gasteiger partial charge in [0.15, 0.2) is 5.82 Å². The van der Waals surface area contributed by atoms with E-state index in [0.29, 0.717) is 0 Å². The monoisotopic (exact) mass is 467 g/mol. The van der Waals surface area contributed by atoms with E-state index >= 15 is 0 Å². The number of nitrogens with zero attached hydrogens (tertiary/aromatic N) is 3. The van der Waals surface area contributed by atoms with Crippen LogP contribution in [0.5, 0.6) is 0 Å². The van der Waals surface area contributed by atoms with Crippen molar-refractivity contribution in [1.82, 2.24) is 14.8 Å². The van der Waals surface area contributed by atoms with Crippen molar-refractivity contribution in [3.05, 3.63) is 40.3 Å². The van der Waals surface area contributed by atoms with E-state index in [1.807, 2.05) is 42.8 Å². The van der Waals surface area contributed by atoms with Crippen molar-refractivity contribution >= 4 is 44.4 Å². The fourth-order valence-electron chi connectivity index (χ4n) is 1.38. The number of aromatic nitrogens is 3. The van der Waals surface area contributed by atoms with Gasteiger partial charge >= 0.3 is 39.3 Å². The molecule has 2 aromatic heterocycles. The Labute approximate surface area is 129 Å². The van der Waals surface area contributed by atoms with E-state index in [9.17, 15) is 0 Å². The predicted molar refractivity (Wildman–Crippen MR) is 76.4 cm³/mol. The Morgan fingerprint density at radius 3 is 2.35 bits per heavy atom. The number of pyridine rings is 1. The van der Waals surface area contributed by atoms with Crippen molar-refractivity contribution in [2.45, 2.75) is 13.8 Å². The molecule has 17 heavy (non-hydrogen) atoms. The Hall–Kier alpha value is 0.294. The van der Waals surface area contributed by atoms with Crippen LogP contribution in [0.25, 0.3) is 5.82 Å². The van der Waals surface area contributed by atoms with Crippen molar-refractivity contribution in [1.29, 1.82) is 0 Å². The van der Waals surface area contributed by atoms with Gasteiger partial charge in [0.05, 0.1) is 5.69 Å². The van der Waals surface area contributed by atoms with Gasteiger partial charge in [0.25, 0.3) is 0 Å². The summed E-state index contributed by atoms with van der Waals surface area (Å²) in [7, 11) is 1.25. The van der Waals surface area contributed by atoms with E-state index in [0.717, 1.165) is 21.8 Å². The SMILES string of the molecule is Cc1cc(C)n(-c2cccc(Br)n2)n1.[Br][Ni][Br]. The maximum atomic E-state index is 4.35. The Kier molecular flexibility index (Phi) is 6.92. The molecule has 0 amide bonds. The molecule has 0 atom stereocenters. The van der Waals surface area contributed by atoms with E-state index in [4.69, 9.17) is 0 Å². The molecule has 0 saturated heterocycles. The zero-order valence-corrected chi connectivity index (χ0v) is 14.8. The van der Waals surface area contributed by atoms with E-state index in [1.54, 1.807) is 0 Å². The molecule has 0 radical (unpaired) electrons. The van der Waals surface area contributed by atoms with Crippen LogP contribution in [0.2, 0.25) is 0 Å². The van der Waals surface area contributed by atoms with E-state index in [1.165, 1.54) is 10.9 Å². The van der Waals surface area contributed by atoms with Gasteiger partial charge in [0.1, 0.15) is 4.60 Å². The van der Waals surface area contributed by atoms with Gasteiger partial charge in [0, 0.05) is 5.69 Å². The van der Waals surface area contributed by atoms with Gasteiger partial charge in [-0.1, -0.05) is 6.07 Å². The molecule has 0 aliphatic heterocycles. The van der Waals surface area contributed by atoms with Crippen LogP contribution in [0.1, 0.15) is 11.4 Å². The van der Waals surface area contributed by atoms with Crippen LogP contribution in [-0.4, -0.2) is 14.8 Å². The number of rotatable bonds is 1. The Morgan fingerprint density at radius 2 is 1.88 bits per heavy atom. The molecule has 2 rings (SSSR count). The Morgan fingerprint density at radius 1 is 1.24 bits per heavy atom. The quantitative estimate of drug-likeness (QED) is 0.459. The summed E-state index contributed by atoms with van der Waals surface area (Å²) >= 11 is 9.34. The van der Waals surface area contributed by atoms with Gasteiger partial charge in [-0.05, 0) is 48.0 Å². The molecule has 0 aliphatic rings. The second-order valence-electron chi connectivity index (χ2n) is 3.20. The molecule has 0 N–H and O–H groups in total. The van der Waals surface area contributed by atoms with Gasteiger partial charge in [-0.15, -0.1) is 0 Å². The first kappa shape index (κ1) is 15.4. The Bertz CT molecular complexity index is 487. The average Bonchev–Trinajstić information content (AvgIpc) is 2.59. The van der Waals surface area contributed by atoms with Crippen molar-refractivity contribution in [3.63, 3.8) is 0 Å². The number of halogens is 3. The summed E-state index contributed by atoms with van der Waals surface area (Å²) in [4.78, 5) is 4.33. The third kappa shape index (κ3) is 4.81. The molecule has 0 unspecified atom stereocenters. The zero-order valence-electron chi connectivity index (χ0n) is 9.10. The van der Waals surface area contributed by atoms with Crippen LogP contribution < -0.4 is 0 Å². The molecule has 0 aromatic carbocycles. The summed E-state index contributed by atoms with van der Waals surface area (Å²) in [6, 6.07) is 7.81. The molecular formula is C10H10Br3N3Ni. The summed E-state index contributed by atoms with van der Waals surface area (Å²) in [5.41, 5.74) is 2.09. The molecule has 0 bridgehead atoms. The summed E-state index contributed by atoms with van der Waals surface area (Å²) < 4.78 is 2.66. The molecular weight excluding hydrogens is 461 g/mol. The molecule has 0 aliphatic carbocycles. The fourth-order valence-corrected chi connectivity index (χ4v) is 1.71. The van der Waals surface area contributed by atoms with E-state index in [2.05, 4.69) is 54.5 Å². The fraction of sp³-hybridized carbons (Fsp3) is 0.200. The molecule has 2 heterocycles. The second-order valence-corrected chi connectivity index (χ2v) is 9.00. The second kappa shape index (κ2) is 7.67. The minimum absolute atomic E-state index is 0.822. The summed E-state index contributed by atoms with van der Waals surface area (Å²) in [6.07, 6.45) is 0. The summed E-state index contributed by atoms with van der Waals surface area (Å²) in [5.74, 6) is 0.838. The number of hydrogen-bond donors (Lipinski definition) is 0. The van der Waals surface area contributed by atoms with Crippen LogP contribution in [0.3, 0.4) is 0 Å². The minimum atomic E-state index is 0.822. The standard InChI is InChI=1S/C10H10BrN3.2BrH.Ni/c1-7-6-8(2)14(13-7)10-5-3-4-9(11)12-10;;;/h3-6H,1-2H3;2*1H;/q;;;+2/p-2. The molecule has 7 heteroatoms. The normalized spacial score (nSPS) is 9.94. The maximum absolute atomic E-state index is 4.35. The molecule has 0 spiro atoms. The number of hydrogen-bond acceptors (Lipinski definition) is 2. The first-order valence-electron chi connectivity index (χ1n) is 4.57. The molecule has 3 nitrogen and oxygen atoms in total. The first-order chi connectivity index (χ1) is 8.08. The molecule has 2 aromatic rings. The van der Waals surface area contributed by atoms with Gasteiger partial charge in [-0.3, -0.25) is 0 Å². The summed E-state index contributed by atoms with van der Waals surface area (Å²) in [5, 5.41) is 4.35. The topological polar surface area (TPSA) is 30.7 Å². The van der Waals surface area contributed by atoms with E-state index < -0.39 is 0 Å². The third-order valence-electron chi connectivity index (χ3n) is 1.93. The summed E-state index contributed by atoms with van der Waals surface area (Å²) in [6.45, 7) is 3.99. The van der Waals surface area contributed by atoms with E-state index in [-0.39, 0.29) is 0 Å². The van der Waals surface area contributed by atoms with Crippen LogP contribution in [0, 0.1) is 13.8 Å². The van der Waals surface area contributed by atoms with Crippen molar-refractivity contribution in [3.8, 4) is 5.82 Å². The first-order valence-corrected chi connectivity index (χ1v) is 10.2. The van der Waals surface area contributed by atoms with Crippen molar-refractivity contribution in [2.75, 3.05) is 0 Å². The molecule has 96 valence electrons. The van der Waals surface area contributed by atoms with Crippen LogP contribution in [0.15, 0.2) is 28.9 Å². The van der Waals surface area contributed by atoms with Gasteiger partial charge < -0.3 is 0 Å². The molecule has 0 saturated carbocycles. The Balaban J connectivity index is 0.000000437. The number of aryl methyl sites for hydroxylation is 2. The average molecular weight is 471 g/mol.